The molecule has 0 saturated carbocycles. The first-order chi connectivity index (χ1) is 15.7. The average Bonchev–Trinajstić information content (AvgIpc) is 2.71. The highest BCUT2D eigenvalue weighted by Gasteiger charge is 2.24. The van der Waals surface area contributed by atoms with Gasteiger partial charge in [-0.15, -0.1) is 0 Å². The number of benzene rings is 2. The van der Waals surface area contributed by atoms with Gasteiger partial charge in [0.05, 0.1) is 23.4 Å². The van der Waals surface area contributed by atoms with Crippen molar-refractivity contribution in [2.75, 3.05) is 25.7 Å². The average molecular weight is 495 g/mol. The lowest BCUT2D eigenvalue weighted by atomic mass is 9.95. The van der Waals surface area contributed by atoms with E-state index in [0.29, 0.717) is 17.5 Å². The zero-order valence-corrected chi connectivity index (χ0v) is 19.5. The minimum Gasteiger partial charge on any atom is -0.481 e. The van der Waals surface area contributed by atoms with Gasteiger partial charge in [-0.3, -0.25) is 19.6 Å². The van der Waals surface area contributed by atoms with Crippen LogP contribution >= 0.6 is 0 Å². The van der Waals surface area contributed by atoms with E-state index in [1.54, 1.807) is 32.3 Å². The molecule has 0 aromatic heterocycles. The second-order valence-electron chi connectivity index (χ2n) is 7.16. The number of anilines is 1. The summed E-state index contributed by atoms with van der Waals surface area (Å²) in [5, 5.41) is 19.3. The highest BCUT2D eigenvalue weighted by Crippen LogP contribution is 2.25. The maximum absolute atomic E-state index is 12.4. The van der Waals surface area contributed by atoms with Crippen molar-refractivity contribution in [3.63, 3.8) is 0 Å². The molecule has 1 amide bonds. The first kappa shape index (κ1) is 28.1. The van der Waals surface area contributed by atoms with Gasteiger partial charge in [-0.25, -0.2) is 4.79 Å². The van der Waals surface area contributed by atoms with E-state index in [4.69, 9.17) is 20.4 Å². The number of nitrogens with zero attached hydrogens (tertiary/aromatic N) is 1. The fourth-order valence-electron chi connectivity index (χ4n) is 2.55. The van der Waals surface area contributed by atoms with Crippen LogP contribution in [0.3, 0.4) is 0 Å². The summed E-state index contributed by atoms with van der Waals surface area (Å²) >= 11 is 0. The van der Waals surface area contributed by atoms with Crippen molar-refractivity contribution in [3.8, 4) is 5.75 Å². The molecule has 0 aliphatic heterocycles. The summed E-state index contributed by atoms with van der Waals surface area (Å²) in [7, 11) is -0.550. The molecule has 0 heterocycles. The summed E-state index contributed by atoms with van der Waals surface area (Å²) in [5.41, 5.74) is 6.25. The maximum Gasteiger partial charge on any atom is 0.345 e. The highest BCUT2D eigenvalue weighted by atomic mass is 32.2. The van der Waals surface area contributed by atoms with E-state index in [2.05, 4.69) is 5.32 Å². The first-order valence-electron chi connectivity index (χ1n) is 9.56. The minimum atomic E-state index is -3.67. The quantitative estimate of drug-likeness (QED) is 0.123. The second-order valence-corrected chi connectivity index (χ2v) is 8.62. The Labute approximate surface area is 196 Å². The Morgan fingerprint density at radius 2 is 1.65 bits per heavy atom. The van der Waals surface area contributed by atoms with Gasteiger partial charge >= 0.3 is 11.9 Å². The number of carboxylic acids is 1. The number of guanidine groups is 1. The number of esters is 1. The molecule has 2 rings (SSSR count). The van der Waals surface area contributed by atoms with Gasteiger partial charge in [-0.1, -0.05) is 24.3 Å². The van der Waals surface area contributed by atoms with E-state index in [1.165, 1.54) is 35.2 Å². The van der Waals surface area contributed by atoms with Crippen LogP contribution in [0.1, 0.15) is 28.3 Å². The molecule has 0 aliphatic rings. The van der Waals surface area contributed by atoms with E-state index in [1.807, 2.05) is 0 Å². The Kier molecular flexibility index (Phi) is 10.2. The molecule has 6 N–H and O–H groups in total. The molecule has 0 radical (unpaired) electrons. The van der Waals surface area contributed by atoms with Gasteiger partial charge in [0.25, 0.3) is 10.1 Å². The number of carbonyl (C=O) groups is 3. The number of nitrogens with two attached hydrogens (primary N) is 1. The van der Waals surface area contributed by atoms with E-state index >= 15 is 0 Å². The van der Waals surface area contributed by atoms with Crippen molar-refractivity contribution in [2.24, 2.45) is 5.73 Å². The fourth-order valence-corrected chi connectivity index (χ4v) is 2.55. The normalized spacial score (nSPS) is 11.3. The molecular weight excluding hydrogens is 468 g/mol. The Balaban J connectivity index is 0.00000104. The smallest absolute Gasteiger partial charge is 0.345 e. The van der Waals surface area contributed by atoms with Gasteiger partial charge in [0.15, 0.2) is 5.96 Å². The molecule has 0 bridgehead atoms. The molecule has 184 valence electrons. The third kappa shape index (κ3) is 10.1. The van der Waals surface area contributed by atoms with Gasteiger partial charge in [0.1, 0.15) is 5.75 Å². The van der Waals surface area contributed by atoms with E-state index in [0.717, 1.165) is 0 Å². The third-order valence-corrected chi connectivity index (χ3v) is 4.08. The second kappa shape index (κ2) is 12.3. The number of aliphatic carboxylic acids is 1. The third-order valence-electron chi connectivity index (χ3n) is 4.08. The van der Waals surface area contributed by atoms with Crippen LogP contribution in [-0.4, -0.2) is 67.1 Å². The Hall–Kier alpha value is -3.97. The van der Waals surface area contributed by atoms with Crippen LogP contribution in [0.2, 0.25) is 0 Å². The Morgan fingerprint density at radius 1 is 1.12 bits per heavy atom. The molecule has 2 aromatic carbocycles. The Bertz CT molecular complexity index is 1140. The zero-order valence-electron chi connectivity index (χ0n) is 18.7. The number of rotatable bonds is 7. The molecule has 0 spiro atoms. The molecule has 0 aliphatic carbocycles. The van der Waals surface area contributed by atoms with E-state index < -0.39 is 28.0 Å². The molecule has 12 nitrogen and oxygen atoms in total. The largest absolute Gasteiger partial charge is 0.481 e. The maximum atomic E-state index is 12.4. The van der Waals surface area contributed by atoms with Crippen LogP contribution in [-0.2, 0) is 19.7 Å². The number of carboxylic acid groups (broad SMARTS) is 1. The van der Waals surface area contributed by atoms with Crippen LogP contribution in [0.4, 0.5) is 5.69 Å². The summed E-state index contributed by atoms with van der Waals surface area (Å²) in [6.45, 7) is 0. The predicted octanol–water partition coefficient (Wildman–Crippen LogP) is 1.36. The van der Waals surface area contributed by atoms with Crippen molar-refractivity contribution < 1.29 is 37.2 Å². The number of carbonyl (C=O) groups excluding carboxylic acids is 2. The van der Waals surface area contributed by atoms with Crippen LogP contribution in [0.25, 0.3) is 0 Å². The Morgan fingerprint density at radius 3 is 2.12 bits per heavy atom. The summed E-state index contributed by atoms with van der Waals surface area (Å²) in [4.78, 5) is 37.2. The summed E-state index contributed by atoms with van der Waals surface area (Å²) in [6, 6.07) is 12.4. The molecular formula is C21H26N4O8S. The van der Waals surface area contributed by atoms with Crippen LogP contribution in [0.5, 0.6) is 5.75 Å². The molecule has 34 heavy (non-hydrogen) atoms. The highest BCUT2D eigenvalue weighted by molar-refractivity contribution is 7.85. The van der Waals surface area contributed by atoms with Crippen LogP contribution in [0.15, 0.2) is 48.5 Å². The lowest BCUT2D eigenvalue weighted by molar-refractivity contribution is -0.142. The van der Waals surface area contributed by atoms with E-state index in [-0.39, 0.29) is 29.6 Å². The van der Waals surface area contributed by atoms with Crippen molar-refractivity contribution >= 4 is 39.6 Å². The fraction of sp³-hybridized carbons (Fsp3) is 0.238. The van der Waals surface area contributed by atoms with E-state index in [9.17, 15) is 27.9 Å². The van der Waals surface area contributed by atoms with Crippen molar-refractivity contribution in [1.29, 1.82) is 5.41 Å². The van der Waals surface area contributed by atoms with Crippen molar-refractivity contribution in [1.82, 2.24) is 4.90 Å². The summed E-state index contributed by atoms with van der Waals surface area (Å²) < 4.78 is 31.2. The molecule has 0 fully saturated rings. The summed E-state index contributed by atoms with van der Waals surface area (Å²) in [5.74, 6) is -3.20. The van der Waals surface area contributed by atoms with Gasteiger partial charge in [-0.2, -0.15) is 8.42 Å². The van der Waals surface area contributed by atoms with Gasteiger partial charge in [0.2, 0.25) is 5.91 Å². The van der Waals surface area contributed by atoms with Crippen LogP contribution < -0.4 is 15.8 Å². The SMILES string of the molecule is CN(C)C(=O)CC(C(=O)O)c1ccc(OC(=O)c2ccccc2NC(=N)N)cc1.CS(=O)(=O)O. The standard InChI is InChI=1S/C20H22N4O5.CH4O3S/c1-24(2)17(25)11-15(18(26)27)12-7-9-13(10-8-12)29-19(28)14-5-3-4-6-16(14)23-20(21)22;1-5(2,3)4/h3-10,15H,11H2,1-2H3,(H,26,27)(H4,21,22,23);1H3,(H,2,3,4). The van der Waals surface area contributed by atoms with Crippen molar-refractivity contribution in [3.05, 3.63) is 59.7 Å². The van der Waals surface area contributed by atoms with Gasteiger partial charge in [-0.05, 0) is 29.8 Å². The number of nitrogens with one attached hydrogen (secondary N) is 2. The van der Waals surface area contributed by atoms with Crippen molar-refractivity contribution in [2.45, 2.75) is 12.3 Å². The number of ether oxygens (including phenoxy) is 1. The minimum absolute atomic E-state index is 0.175. The number of hydrogen-bond acceptors (Lipinski definition) is 7. The lowest BCUT2D eigenvalue weighted by Crippen LogP contribution is -2.26. The number of para-hydroxylation sites is 1. The molecule has 1 unspecified atom stereocenters. The predicted molar refractivity (Wildman–Crippen MR) is 125 cm³/mol. The zero-order chi connectivity index (χ0) is 26.1. The topological polar surface area (TPSA) is 200 Å². The molecule has 13 heteroatoms. The van der Waals surface area contributed by atoms with Gasteiger partial charge in [0, 0.05) is 20.5 Å². The first-order valence-corrected chi connectivity index (χ1v) is 11.4. The molecule has 1 atom stereocenters. The number of hydrogen-bond donors (Lipinski definition) is 5. The molecule has 0 saturated heterocycles. The monoisotopic (exact) mass is 494 g/mol. The lowest BCUT2D eigenvalue weighted by Gasteiger charge is -2.16. The summed E-state index contributed by atoms with van der Waals surface area (Å²) in [6.07, 6.45) is 0.540. The molecule has 2 aromatic rings. The number of amides is 1. The van der Waals surface area contributed by atoms with Crippen LogP contribution in [0, 0.1) is 5.41 Å². The van der Waals surface area contributed by atoms with Gasteiger partial charge < -0.3 is 25.8 Å².